The average molecular weight is 261 g/mol. The van der Waals surface area contributed by atoms with Gasteiger partial charge in [-0.1, -0.05) is 0 Å². The van der Waals surface area contributed by atoms with E-state index in [-0.39, 0.29) is 47.7 Å². The number of aliphatic carboxylic acids is 1. The van der Waals surface area contributed by atoms with E-state index in [0.717, 1.165) is 0 Å². The predicted molar refractivity (Wildman–Crippen MR) is 58.9 cm³/mol. The van der Waals surface area contributed by atoms with Gasteiger partial charge in [0.15, 0.2) is 0 Å². The van der Waals surface area contributed by atoms with E-state index in [1.165, 1.54) is 24.3 Å². The Morgan fingerprint density at radius 1 is 1.39 bits per heavy atom. The van der Waals surface area contributed by atoms with Crippen LogP contribution in [0.25, 0.3) is 0 Å². The molecule has 18 heavy (non-hydrogen) atoms. The van der Waals surface area contributed by atoms with Crippen LogP contribution in [0.2, 0.25) is 0 Å². The second kappa shape index (κ2) is 8.04. The van der Waals surface area contributed by atoms with Gasteiger partial charge in [0.2, 0.25) is 0 Å². The van der Waals surface area contributed by atoms with Crippen LogP contribution >= 0.6 is 0 Å². The van der Waals surface area contributed by atoms with Crippen molar-refractivity contribution in [3.8, 4) is 0 Å². The van der Waals surface area contributed by atoms with Gasteiger partial charge in [0, 0.05) is 36.3 Å². The summed E-state index contributed by atoms with van der Waals surface area (Å²) in [6, 6.07) is 5.45. The van der Waals surface area contributed by atoms with Crippen LogP contribution in [0.3, 0.4) is 0 Å². The molecule has 1 atom stereocenters. The Balaban J connectivity index is 0.00000289. The number of benzene rings is 1. The van der Waals surface area contributed by atoms with Gasteiger partial charge in [0.1, 0.15) is 0 Å². The molecule has 0 saturated carbocycles. The molecule has 7 nitrogen and oxygen atoms in total. The van der Waals surface area contributed by atoms with Crippen LogP contribution in [-0.2, 0) is 4.79 Å². The van der Waals surface area contributed by atoms with E-state index >= 15 is 0 Å². The summed E-state index contributed by atoms with van der Waals surface area (Å²) in [5.74, 6) is -1.14. The van der Waals surface area contributed by atoms with Gasteiger partial charge in [-0.3, -0.25) is 10.1 Å². The van der Waals surface area contributed by atoms with Crippen molar-refractivity contribution in [1.29, 1.82) is 0 Å². The summed E-state index contributed by atoms with van der Waals surface area (Å²) in [5.41, 5.74) is 6.10. The molecule has 92 valence electrons. The zero-order valence-corrected chi connectivity index (χ0v) is 12.2. The molecule has 2 N–H and O–H groups in total. The SMILES string of the molecule is CC(CC(=O)[O-])NNc1ccc([N+](=O)[O-])cc1.[Na+]. The van der Waals surface area contributed by atoms with Crippen LogP contribution in [0.1, 0.15) is 13.3 Å². The van der Waals surface area contributed by atoms with Crippen LogP contribution in [0.5, 0.6) is 0 Å². The molecular formula is C10H12N3NaO4. The molecule has 0 amide bonds. The Morgan fingerprint density at radius 3 is 2.39 bits per heavy atom. The molecule has 1 unspecified atom stereocenters. The molecule has 0 bridgehead atoms. The molecule has 0 aromatic heterocycles. The topological polar surface area (TPSA) is 107 Å². The molecule has 0 radical (unpaired) electrons. The van der Waals surface area contributed by atoms with Gasteiger partial charge in [-0.25, -0.2) is 5.43 Å². The van der Waals surface area contributed by atoms with Crippen molar-refractivity contribution < 1.29 is 44.4 Å². The van der Waals surface area contributed by atoms with Crippen LogP contribution in [0, 0.1) is 10.1 Å². The summed E-state index contributed by atoms with van der Waals surface area (Å²) < 4.78 is 0. The summed E-state index contributed by atoms with van der Waals surface area (Å²) in [6.07, 6.45) is -0.125. The van der Waals surface area contributed by atoms with Crippen molar-refractivity contribution in [3.05, 3.63) is 34.4 Å². The Morgan fingerprint density at radius 2 is 1.94 bits per heavy atom. The first-order chi connectivity index (χ1) is 7.99. The molecule has 0 saturated heterocycles. The Hall–Kier alpha value is -1.15. The number of hydrogen-bond donors (Lipinski definition) is 2. The normalized spacial score (nSPS) is 11.2. The first kappa shape index (κ1) is 16.9. The quantitative estimate of drug-likeness (QED) is 0.322. The number of nitro benzene ring substituents is 1. The molecule has 0 spiro atoms. The van der Waals surface area contributed by atoms with E-state index in [4.69, 9.17) is 0 Å². The fourth-order valence-electron chi connectivity index (χ4n) is 1.17. The number of nitro groups is 1. The third kappa shape index (κ3) is 5.97. The Bertz CT molecular complexity index is 410. The zero-order valence-electron chi connectivity index (χ0n) is 10.2. The maximum absolute atomic E-state index is 10.4. The largest absolute Gasteiger partial charge is 1.00 e. The van der Waals surface area contributed by atoms with Gasteiger partial charge in [-0.15, -0.1) is 0 Å². The maximum Gasteiger partial charge on any atom is 1.00 e. The monoisotopic (exact) mass is 261 g/mol. The van der Waals surface area contributed by atoms with Crippen LogP contribution in [0.4, 0.5) is 11.4 Å². The second-order valence-electron chi connectivity index (χ2n) is 3.55. The van der Waals surface area contributed by atoms with Gasteiger partial charge in [0.25, 0.3) is 5.69 Å². The number of anilines is 1. The first-order valence-electron chi connectivity index (χ1n) is 4.95. The molecule has 0 aliphatic carbocycles. The Kier molecular flexibility index (Phi) is 7.53. The molecule has 1 aromatic rings. The summed E-state index contributed by atoms with van der Waals surface area (Å²) >= 11 is 0. The van der Waals surface area contributed by atoms with E-state index in [9.17, 15) is 20.0 Å². The number of rotatable bonds is 6. The predicted octanol–water partition coefficient (Wildman–Crippen LogP) is -2.96. The summed E-state index contributed by atoms with van der Waals surface area (Å²) in [6.45, 7) is 1.67. The molecule has 0 aliphatic heterocycles. The number of nitrogens with one attached hydrogen (secondary N) is 2. The average Bonchev–Trinajstić information content (AvgIpc) is 2.26. The third-order valence-electron chi connectivity index (χ3n) is 2.01. The zero-order chi connectivity index (χ0) is 12.8. The van der Waals surface area contributed by atoms with E-state index in [1.54, 1.807) is 6.92 Å². The molecule has 1 aromatic carbocycles. The van der Waals surface area contributed by atoms with Gasteiger partial charge < -0.3 is 15.3 Å². The number of carboxylic acids is 1. The van der Waals surface area contributed by atoms with Crippen molar-refractivity contribution in [1.82, 2.24) is 5.43 Å². The fourth-order valence-corrected chi connectivity index (χ4v) is 1.17. The molecule has 1 rings (SSSR count). The molecule has 0 aliphatic rings. The molecule has 0 fully saturated rings. The minimum absolute atomic E-state index is 0. The number of carboxylic acid groups (broad SMARTS) is 1. The van der Waals surface area contributed by atoms with Crippen LogP contribution < -0.4 is 45.5 Å². The number of carbonyl (C=O) groups excluding carboxylic acids is 1. The van der Waals surface area contributed by atoms with Gasteiger partial charge >= 0.3 is 29.6 Å². The molecule has 8 heteroatoms. The third-order valence-corrected chi connectivity index (χ3v) is 2.01. The number of hydrazine groups is 1. The fraction of sp³-hybridized carbons (Fsp3) is 0.300. The maximum atomic E-state index is 10.4. The number of nitrogens with zero attached hydrogens (tertiary/aromatic N) is 1. The van der Waals surface area contributed by atoms with Crippen LogP contribution in [0.15, 0.2) is 24.3 Å². The van der Waals surface area contributed by atoms with Crippen molar-refractivity contribution in [3.63, 3.8) is 0 Å². The summed E-state index contributed by atoms with van der Waals surface area (Å²) in [4.78, 5) is 20.2. The number of carbonyl (C=O) groups is 1. The van der Waals surface area contributed by atoms with Gasteiger partial charge in [-0.2, -0.15) is 0 Å². The second-order valence-corrected chi connectivity index (χ2v) is 3.55. The van der Waals surface area contributed by atoms with Crippen molar-refractivity contribution in [2.24, 2.45) is 0 Å². The van der Waals surface area contributed by atoms with E-state index in [0.29, 0.717) is 5.69 Å². The Labute approximate surface area is 126 Å². The molecule has 0 heterocycles. The van der Waals surface area contributed by atoms with Crippen molar-refractivity contribution in [2.75, 3.05) is 5.43 Å². The minimum Gasteiger partial charge on any atom is -0.550 e. The molecular weight excluding hydrogens is 249 g/mol. The van der Waals surface area contributed by atoms with E-state index in [2.05, 4.69) is 10.9 Å². The van der Waals surface area contributed by atoms with E-state index < -0.39 is 10.9 Å². The van der Waals surface area contributed by atoms with Crippen molar-refractivity contribution in [2.45, 2.75) is 19.4 Å². The number of non-ortho nitro benzene ring substituents is 1. The summed E-state index contributed by atoms with van der Waals surface area (Å²) in [7, 11) is 0. The smallest absolute Gasteiger partial charge is 0.550 e. The summed E-state index contributed by atoms with van der Waals surface area (Å²) in [5, 5.41) is 20.7. The first-order valence-corrected chi connectivity index (χ1v) is 4.95. The van der Waals surface area contributed by atoms with Crippen LogP contribution in [-0.4, -0.2) is 16.9 Å². The number of hydrogen-bond acceptors (Lipinski definition) is 6. The van der Waals surface area contributed by atoms with Gasteiger partial charge in [0.05, 0.1) is 4.92 Å². The minimum atomic E-state index is -1.14. The van der Waals surface area contributed by atoms with Gasteiger partial charge in [-0.05, 0) is 19.1 Å². The standard InChI is InChI=1S/C10H13N3O4.Na/c1-7(6-10(14)15)11-12-8-2-4-9(5-3-8)13(16)17;/h2-5,7,11-12H,6H2,1H3,(H,14,15);/q;+1/p-1. The van der Waals surface area contributed by atoms with Crippen molar-refractivity contribution >= 4 is 17.3 Å². The van der Waals surface area contributed by atoms with E-state index in [1.807, 2.05) is 0 Å².